The van der Waals surface area contributed by atoms with Crippen molar-refractivity contribution in [2.45, 2.75) is 32.7 Å². The van der Waals surface area contributed by atoms with Crippen LogP contribution >= 0.6 is 0 Å². The Labute approximate surface area is 87.2 Å². The summed E-state index contributed by atoms with van der Waals surface area (Å²) in [6.07, 6.45) is 2.25. The van der Waals surface area contributed by atoms with Gasteiger partial charge < -0.3 is 14.8 Å². The van der Waals surface area contributed by atoms with E-state index in [1.807, 2.05) is 0 Å². The Kier molecular flexibility index (Phi) is 4.85. The fourth-order valence-electron chi connectivity index (χ4n) is 1.58. The molecular weight excluding hydrogens is 178 g/mol. The van der Waals surface area contributed by atoms with Crippen molar-refractivity contribution in [1.29, 1.82) is 0 Å². The first-order valence-corrected chi connectivity index (χ1v) is 5.44. The van der Waals surface area contributed by atoms with Gasteiger partial charge in [-0.15, -0.1) is 0 Å². The molecule has 0 aromatic rings. The van der Waals surface area contributed by atoms with Crippen LogP contribution in [0.5, 0.6) is 0 Å². The van der Waals surface area contributed by atoms with Gasteiger partial charge in [-0.25, -0.2) is 0 Å². The van der Waals surface area contributed by atoms with Crippen LogP contribution in [0.15, 0.2) is 0 Å². The fraction of sp³-hybridized carbons (Fsp3) is 1.00. The van der Waals surface area contributed by atoms with E-state index in [2.05, 4.69) is 19.2 Å². The predicted octanol–water partition coefficient (Wildman–Crippen LogP) is 1.43. The smallest absolute Gasteiger partial charge is 0.0620 e. The molecule has 0 aromatic carbocycles. The third-order valence-corrected chi connectivity index (χ3v) is 2.78. The number of methoxy groups -OCH3 is 1. The minimum atomic E-state index is 0.318. The van der Waals surface area contributed by atoms with Crippen LogP contribution in [-0.2, 0) is 9.47 Å². The molecule has 1 unspecified atom stereocenters. The second-order valence-electron chi connectivity index (χ2n) is 4.85. The summed E-state index contributed by atoms with van der Waals surface area (Å²) in [5, 5.41) is 3.55. The van der Waals surface area contributed by atoms with Crippen LogP contribution in [-0.4, -0.2) is 39.5 Å². The second-order valence-corrected chi connectivity index (χ2v) is 4.85. The highest BCUT2D eigenvalue weighted by atomic mass is 16.5. The van der Waals surface area contributed by atoms with Gasteiger partial charge in [-0.3, -0.25) is 0 Å². The highest BCUT2D eigenvalue weighted by Gasteiger charge is 2.21. The second kappa shape index (κ2) is 5.69. The summed E-state index contributed by atoms with van der Waals surface area (Å²) < 4.78 is 10.4. The van der Waals surface area contributed by atoms with Crippen LogP contribution in [0.1, 0.15) is 26.7 Å². The molecule has 1 aliphatic rings. The maximum atomic E-state index is 5.32. The zero-order valence-corrected chi connectivity index (χ0v) is 9.64. The van der Waals surface area contributed by atoms with E-state index in [4.69, 9.17) is 9.47 Å². The molecule has 0 aliphatic carbocycles. The summed E-state index contributed by atoms with van der Waals surface area (Å²) in [7, 11) is 1.76. The molecule has 0 amide bonds. The molecule has 1 atom stereocenters. The Morgan fingerprint density at radius 1 is 1.50 bits per heavy atom. The van der Waals surface area contributed by atoms with Crippen molar-refractivity contribution in [2.24, 2.45) is 5.41 Å². The van der Waals surface area contributed by atoms with Crippen molar-refractivity contribution >= 4 is 0 Å². The monoisotopic (exact) mass is 201 g/mol. The molecule has 84 valence electrons. The molecule has 3 nitrogen and oxygen atoms in total. The molecule has 1 aliphatic heterocycles. The van der Waals surface area contributed by atoms with Gasteiger partial charge >= 0.3 is 0 Å². The van der Waals surface area contributed by atoms with E-state index < -0.39 is 0 Å². The first-order valence-electron chi connectivity index (χ1n) is 5.44. The van der Waals surface area contributed by atoms with Gasteiger partial charge in [-0.1, -0.05) is 13.8 Å². The molecule has 0 bridgehead atoms. The SMILES string of the molecule is COCCC(C)(C)CNC1CCOC1. The number of hydrogen-bond acceptors (Lipinski definition) is 3. The van der Waals surface area contributed by atoms with Crippen LogP contribution in [0.3, 0.4) is 0 Å². The van der Waals surface area contributed by atoms with Gasteiger partial charge in [0, 0.05) is 32.9 Å². The van der Waals surface area contributed by atoms with E-state index in [9.17, 15) is 0 Å². The van der Waals surface area contributed by atoms with Crippen LogP contribution in [0.2, 0.25) is 0 Å². The average Bonchev–Trinajstić information content (AvgIpc) is 2.64. The van der Waals surface area contributed by atoms with Gasteiger partial charge in [-0.05, 0) is 18.3 Å². The van der Waals surface area contributed by atoms with E-state index in [0.717, 1.165) is 39.2 Å². The lowest BCUT2D eigenvalue weighted by Crippen LogP contribution is -2.37. The van der Waals surface area contributed by atoms with E-state index in [-0.39, 0.29) is 0 Å². The van der Waals surface area contributed by atoms with Crippen molar-refractivity contribution in [3.63, 3.8) is 0 Å². The van der Waals surface area contributed by atoms with Crippen molar-refractivity contribution in [1.82, 2.24) is 5.32 Å². The van der Waals surface area contributed by atoms with Crippen molar-refractivity contribution in [2.75, 3.05) is 33.5 Å². The molecule has 1 N–H and O–H groups in total. The molecule has 0 radical (unpaired) electrons. The summed E-state index contributed by atoms with van der Waals surface area (Å²) >= 11 is 0. The lowest BCUT2D eigenvalue weighted by molar-refractivity contribution is 0.146. The summed E-state index contributed by atoms with van der Waals surface area (Å²) in [6, 6.07) is 0.566. The quantitative estimate of drug-likeness (QED) is 0.705. The van der Waals surface area contributed by atoms with Gasteiger partial charge in [0.1, 0.15) is 0 Å². The van der Waals surface area contributed by atoms with Crippen LogP contribution in [0, 0.1) is 5.41 Å². The highest BCUT2D eigenvalue weighted by Crippen LogP contribution is 2.19. The molecule has 1 heterocycles. The van der Waals surface area contributed by atoms with Crippen molar-refractivity contribution < 1.29 is 9.47 Å². The minimum absolute atomic E-state index is 0.318. The maximum Gasteiger partial charge on any atom is 0.0620 e. The van der Waals surface area contributed by atoms with Gasteiger partial charge in [0.2, 0.25) is 0 Å². The molecule has 1 rings (SSSR count). The Hall–Kier alpha value is -0.120. The lowest BCUT2D eigenvalue weighted by Gasteiger charge is -2.26. The lowest BCUT2D eigenvalue weighted by atomic mass is 9.89. The minimum Gasteiger partial charge on any atom is -0.385 e. The Bertz CT molecular complexity index is 153. The molecular formula is C11H23NO2. The number of ether oxygens (including phenoxy) is 2. The first-order chi connectivity index (χ1) is 6.64. The van der Waals surface area contributed by atoms with Crippen molar-refractivity contribution in [3.8, 4) is 0 Å². The van der Waals surface area contributed by atoms with Crippen LogP contribution in [0.4, 0.5) is 0 Å². The maximum absolute atomic E-state index is 5.32. The Morgan fingerprint density at radius 2 is 2.29 bits per heavy atom. The van der Waals surface area contributed by atoms with E-state index in [1.165, 1.54) is 0 Å². The van der Waals surface area contributed by atoms with Gasteiger partial charge in [0.15, 0.2) is 0 Å². The predicted molar refractivity (Wildman–Crippen MR) is 57.5 cm³/mol. The Balaban J connectivity index is 2.14. The summed E-state index contributed by atoms with van der Waals surface area (Å²) in [4.78, 5) is 0. The third-order valence-electron chi connectivity index (χ3n) is 2.78. The molecule has 0 aromatic heterocycles. The Morgan fingerprint density at radius 3 is 2.86 bits per heavy atom. The van der Waals surface area contributed by atoms with E-state index in [1.54, 1.807) is 7.11 Å². The summed E-state index contributed by atoms with van der Waals surface area (Å²) in [5.74, 6) is 0. The van der Waals surface area contributed by atoms with Gasteiger partial charge in [-0.2, -0.15) is 0 Å². The van der Waals surface area contributed by atoms with Crippen LogP contribution in [0.25, 0.3) is 0 Å². The zero-order chi connectivity index (χ0) is 10.4. The molecule has 0 spiro atoms. The van der Waals surface area contributed by atoms with Crippen molar-refractivity contribution in [3.05, 3.63) is 0 Å². The molecule has 1 fully saturated rings. The number of nitrogens with one attached hydrogen (secondary N) is 1. The number of hydrogen-bond donors (Lipinski definition) is 1. The third kappa shape index (κ3) is 4.40. The average molecular weight is 201 g/mol. The van der Waals surface area contributed by atoms with E-state index in [0.29, 0.717) is 11.5 Å². The molecule has 3 heteroatoms. The normalized spacial score (nSPS) is 22.9. The molecule has 0 saturated carbocycles. The highest BCUT2D eigenvalue weighted by molar-refractivity contribution is 4.77. The first kappa shape index (κ1) is 12.0. The van der Waals surface area contributed by atoms with Gasteiger partial charge in [0.25, 0.3) is 0 Å². The zero-order valence-electron chi connectivity index (χ0n) is 9.64. The van der Waals surface area contributed by atoms with Gasteiger partial charge in [0.05, 0.1) is 6.61 Å². The summed E-state index contributed by atoms with van der Waals surface area (Å²) in [5.41, 5.74) is 0.318. The topological polar surface area (TPSA) is 30.5 Å². The van der Waals surface area contributed by atoms with Crippen LogP contribution < -0.4 is 5.32 Å². The molecule has 14 heavy (non-hydrogen) atoms. The summed E-state index contributed by atoms with van der Waals surface area (Å²) in [6.45, 7) is 8.22. The largest absolute Gasteiger partial charge is 0.385 e. The molecule has 1 saturated heterocycles. The standard InChI is InChI=1S/C11H23NO2/c1-11(2,5-7-13-3)9-12-10-4-6-14-8-10/h10,12H,4-9H2,1-3H3. The fourth-order valence-corrected chi connectivity index (χ4v) is 1.58. The van der Waals surface area contributed by atoms with E-state index >= 15 is 0 Å². The number of rotatable bonds is 6.